The van der Waals surface area contributed by atoms with Crippen molar-refractivity contribution < 1.29 is 9.18 Å². The second-order valence-electron chi connectivity index (χ2n) is 7.31. The van der Waals surface area contributed by atoms with Gasteiger partial charge in [0, 0.05) is 31.7 Å². The summed E-state index contributed by atoms with van der Waals surface area (Å²) in [6, 6.07) is 14.1. The van der Waals surface area contributed by atoms with Gasteiger partial charge in [-0.3, -0.25) is 14.8 Å². The summed E-state index contributed by atoms with van der Waals surface area (Å²) >= 11 is 0. The van der Waals surface area contributed by atoms with Crippen molar-refractivity contribution in [3.63, 3.8) is 0 Å². The molecule has 0 spiro atoms. The van der Waals surface area contributed by atoms with Crippen LogP contribution >= 0.6 is 0 Å². The molecule has 0 aliphatic rings. The number of hydrogen-bond donors (Lipinski definition) is 1. The molecule has 0 radical (unpaired) electrons. The van der Waals surface area contributed by atoms with E-state index in [1.165, 1.54) is 6.07 Å². The number of rotatable bonds is 8. The molecule has 1 aromatic heterocycles. The summed E-state index contributed by atoms with van der Waals surface area (Å²) in [6.07, 6.45) is 5.05. The predicted octanol–water partition coefficient (Wildman–Crippen LogP) is 4.16. The smallest absolute Gasteiger partial charge is 0.247 e. The van der Waals surface area contributed by atoms with Crippen LogP contribution in [0.1, 0.15) is 35.0 Å². The molecule has 1 amide bonds. The Morgan fingerprint density at radius 2 is 1.87 bits per heavy atom. The zero-order valence-corrected chi connectivity index (χ0v) is 17.6. The quantitative estimate of drug-likeness (QED) is 0.610. The van der Waals surface area contributed by atoms with Gasteiger partial charge >= 0.3 is 0 Å². The number of hydrogen-bond acceptors (Lipinski definition) is 4. The van der Waals surface area contributed by atoms with Gasteiger partial charge in [0.05, 0.1) is 11.4 Å². The van der Waals surface area contributed by atoms with Crippen molar-refractivity contribution in [1.29, 1.82) is 0 Å². The Labute approximate surface area is 177 Å². The number of carbonyl (C=O) groups is 1. The maximum Gasteiger partial charge on any atom is 0.247 e. The average molecular weight is 407 g/mol. The number of benzene rings is 2. The van der Waals surface area contributed by atoms with Crippen molar-refractivity contribution in [2.24, 2.45) is 0 Å². The van der Waals surface area contributed by atoms with Crippen LogP contribution in [0.5, 0.6) is 0 Å². The molecule has 1 heterocycles. The van der Waals surface area contributed by atoms with Crippen LogP contribution in [0.4, 0.5) is 10.1 Å². The van der Waals surface area contributed by atoms with Gasteiger partial charge in [-0.15, -0.1) is 0 Å². The molecular weight excluding hydrogens is 379 g/mol. The molecule has 0 bridgehead atoms. The lowest BCUT2D eigenvalue weighted by atomic mass is 10.0. The fraction of sp³-hybridized carbons (Fsp3) is 0.292. The Hall–Kier alpha value is -3.28. The first-order valence-electron chi connectivity index (χ1n) is 10.1. The highest BCUT2D eigenvalue weighted by Crippen LogP contribution is 2.29. The van der Waals surface area contributed by atoms with E-state index in [0.717, 1.165) is 35.5 Å². The Balaban J connectivity index is 1.91. The van der Waals surface area contributed by atoms with E-state index >= 15 is 0 Å². The zero-order valence-electron chi connectivity index (χ0n) is 17.6. The fourth-order valence-electron chi connectivity index (χ4n) is 3.44. The summed E-state index contributed by atoms with van der Waals surface area (Å²) in [7, 11) is 1.63. The van der Waals surface area contributed by atoms with Crippen LogP contribution in [0.15, 0.2) is 60.9 Å². The third-order valence-corrected chi connectivity index (χ3v) is 5.06. The standard InChI is InChI=1S/C24H27FN4O/c1-17-14-21(11-12-22(17)25)29(13-7-10-20-16-27-18(2)15-28-20)23(24(30)26-3)19-8-5-4-6-9-19/h4-6,8-9,11-12,14-16,23H,7,10,13H2,1-3H3,(H,26,30)/t23-/m1/s1. The lowest BCUT2D eigenvalue weighted by Gasteiger charge is -2.33. The van der Waals surface area contributed by atoms with Gasteiger partial charge in [-0.25, -0.2) is 4.39 Å². The van der Waals surface area contributed by atoms with Gasteiger partial charge in [0.2, 0.25) is 5.91 Å². The topological polar surface area (TPSA) is 58.1 Å². The first-order chi connectivity index (χ1) is 14.5. The van der Waals surface area contributed by atoms with Crippen molar-refractivity contribution in [3.8, 4) is 0 Å². The summed E-state index contributed by atoms with van der Waals surface area (Å²) < 4.78 is 13.9. The number of aryl methyl sites for hydroxylation is 3. The summed E-state index contributed by atoms with van der Waals surface area (Å²) in [5.74, 6) is -0.372. The van der Waals surface area contributed by atoms with Gasteiger partial charge in [0.25, 0.3) is 0 Å². The van der Waals surface area contributed by atoms with Gasteiger partial charge in [-0.1, -0.05) is 30.3 Å². The average Bonchev–Trinajstić information content (AvgIpc) is 2.76. The minimum absolute atomic E-state index is 0.113. The van der Waals surface area contributed by atoms with Gasteiger partial charge in [0.15, 0.2) is 0 Å². The van der Waals surface area contributed by atoms with Gasteiger partial charge < -0.3 is 10.2 Å². The first kappa shape index (κ1) is 21.4. The Morgan fingerprint density at radius 1 is 1.10 bits per heavy atom. The molecule has 156 valence electrons. The van der Waals surface area contributed by atoms with E-state index in [0.29, 0.717) is 12.1 Å². The van der Waals surface area contributed by atoms with Gasteiger partial charge in [0.1, 0.15) is 11.9 Å². The van der Waals surface area contributed by atoms with Crippen molar-refractivity contribution in [2.45, 2.75) is 32.7 Å². The predicted molar refractivity (Wildman–Crippen MR) is 117 cm³/mol. The third kappa shape index (κ3) is 5.20. The molecular formula is C24H27FN4O. The monoisotopic (exact) mass is 406 g/mol. The summed E-state index contributed by atoms with van der Waals surface area (Å²) in [4.78, 5) is 23.6. The molecule has 3 aromatic rings. The number of aromatic nitrogens is 2. The highest BCUT2D eigenvalue weighted by molar-refractivity contribution is 5.86. The van der Waals surface area contributed by atoms with Crippen LogP contribution in [0.3, 0.4) is 0 Å². The molecule has 1 atom stereocenters. The second-order valence-corrected chi connectivity index (χ2v) is 7.31. The third-order valence-electron chi connectivity index (χ3n) is 5.06. The van der Waals surface area contributed by atoms with Gasteiger partial charge in [-0.05, 0) is 56.0 Å². The SMILES string of the molecule is CNC(=O)[C@@H](c1ccccc1)N(CCCc1cnc(C)cn1)c1ccc(F)c(C)c1. The molecule has 0 aliphatic heterocycles. The Morgan fingerprint density at radius 3 is 2.50 bits per heavy atom. The van der Waals surface area contributed by atoms with Crippen molar-refractivity contribution in [2.75, 3.05) is 18.5 Å². The van der Waals surface area contributed by atoms with Crippen LogP contribution in [0, 0.1) is 19.7 Å². The molecule has 0 saturated carbocycles. The molecule has 3 rings (SSSR count). The van der Waals surface area contributed by atoms with E-state index in [-0.39, 0.29) is 11.7 Å². The lowest BCUT2D eigenvalue weighted by Crippen LogP contribution is -2.40. The molecule has 0 saturated heterocycles. The van der Waals surface area contributed by atoms with E-state index < -0.39 is 6.04 Å². The molecule has 1 N–H and O–H groups in total. The number of halogens is 1. The van der Waals surface area contributed by atoms with Crippen LogP contribution < -0.4 is 10.2 Å². The van der Waals surface area contributed by atoms with Gasteiger partial charge in [-0.2, -0.15) is 0 Å². The molecule has 6 heteroatoms. The van der Waals surface area contributed by atoms with Crippen LogP contribution in [-0.2, 0) is 11.2 Å². The van der Waals surface area contributed by atoms with Crippen LogP contribution in [0.2, 0.25) is 0 Å². The number of anilines is 1. The largest absolute Gasteiger partial charge is 0.357 e. The van der Waals surface area contributed by atoms with Crippen LogP contribution in [0.25, 0.3) is 0 Å². The Kier molecular flexibility index (Phi) is 7.12. The molecule has 0 aliphatic carbocycles. The number of likely N-dealkylation sites (N-methyl/N-ethyl adjacent to an activating group) is 1. The van der Waals surface area contributed by atoms with E-state index in [9.17, 15) is 9.18 Å². The van der Waals surface area contributed by atoms with Crippen molar-refractivity contribution in [1.82, 2.24) is 15.3 Å². The normalized spacial score (nSPS) is 11.7. The number of carbonyl (C=O) groups excluding carboxylic acids is 1. The number of amides is 1. The maximum absolute atomic E-state index is 13.9. The van der Waals surface area contributed by atoms with Crippen LogP contribution in [-0.4, -0.2) is 29.5 Å². The second kappa shape index (κ2) is 9.96. The summed E-state index contributed by atoms with van der Waals surface area (Å²) in [5, 5.41) is 2.78. The molecule has 0 unspecified atom stereocenters. The van der Waals surface area contributed by atoms with E-state index in [4.69, 9.17) is 0 Å². The maximum atomic E-state index is 13.9. The lowest BCUT2D eigenvalue weighted by molar-refractivity contribution is -0.122. The van der Waals surface area contributed by atoms with E-state index in [1.54, 1.807) is 38.5 Å². The number of nitrogens with zero attached hydrogens (tertiary/aromatic N) is 3. The van der Waals surface area contributed by atoms with E-state index in [1.807, 2.05) is 42.2 Å². The highest BCUT2D eigenvalue weighted by Gasteiger charge is 2.27. The molecule has 2 aromatic carbocycles. The Bertz CT molecular complexity index is 976. The van der Waals surface area contributed by atoms with E-state index in [2.05, 4.69) is 15.3 Å². The molecule has 30 heavy (non-hydrogen) atoms. The number of nitrogens with one attached hydrogen (secondary N) is 1. The molecule has 5 nitrogen and oxygen atoms in total. The molecule has 0 fully saturated rings. The van der Waals surface area contributed by atoms with Crippen molar-refractivity contribution in [3.05, 3.63) is 89.3 Å². The summed E-state index contributed by atoms with van der Waals surface area (Å²) in [5.41, 5.74) is 4.03. The zero-order chi connectivity index (χ0) is 21.5. The minimum atomic E-state index is -0.523. The fourth-order valence-corrected chi connectivity index (χ4v) is 3.44. The highest BCUT2D eigenvalue weighted by atomic mass is 19.1. The van der Waals surface area contributed by atoms with Crippen molar-refractivity contribution >= 4 is 11.6 Å². The summed E-state index contributed by atoms with van der Waals surface area (Å²) in [6.45, 7) is 4.24. The first-order valence-corrected chi connectivity index (χ1v) is 10.1. The minimum Gasteiger partial charge on any atom is -0.357 e.